The molecular weight excluding hydrogens is 394 g/mol. The van der Waals surface area contributed by atoms with Gasteiger partial charge in [0.1, 0.15) is 0 Å². The average Bonchev–Trinajstić information content (AvgIpc) is 3.38. The number of hydrogen-bond acceptors (Lipinski definition) is 5. The minimum absolute atomic E-state index is 0.0628. The first-order valence-electron chi connectivity index (χ1n) is 10.2. The lowest BCUT2D eigenvalue weighted by Gasteiger charge is -2.29. The van der Waals surface area contributed by atoms with Crippen LogP contribution in [0.3, 0.4) is 0 Å². The number of H-pyrrole nitrogens is 1. The van der Waals surface area contributed by atoms with Crippen molar-refractivity contribution >= 4 is 29.1 Å². The second-order valence-corrected chi connectivity index (χ2v) is 7.67. The fraction of sp³-hybridized carbons (Fsp3) is 0.217. The van der Waals surface area contributed by atoms with E-state index in [1.165, 1.54) is 9.80 Å². The van der Waals surface area contributed by atoms with Gasteiger partial charge in [-0.05, 0) is 30.7 Å². The van der Waals surface area contributed by atoms with Crippen LogP contribution in [-0.2, 0) is 11.3 Å². The average molecular weight is 415 g/mol. The summed E-state index contributed by atoms with van der Waals surface area (Å²) in [5.74, 6) is -0.352. The molecule has 2 N–H and O–H groups in total. The number of hydrogen-bond donors (Lipinski definition) is 2. The largest absolute Gasteiger partial charge is 0.355 e. The SMILES string of the molecule is O=C1CN(C(=O)N2CCCC2=O)Cc2[nH]c(-c3ccncc3)c(Nc3ccccc3)c21. The summed E-state index contributed by atoms with van der Waals surface area (Å²) in [4.78, 5) is 48.1. The summed E-state index contributed by atoms with van der Waals surface area (Å²) in [5, 5.41) is 3.38. The molecular formula is C23H21N5O3. The van der Waals surface area contributed by atoms with Crippen LogP contribution in [0.1, 0.15) is 28.9 Å². The highest BCUT2D eigenvalue weighted by Crippen LogP contribution is 2.38. The van der Waals surface area contributed by atoms with E-state index in [0.29, 0.717) is 36.3 Å². The molecule has 0 unspecified atom stereocenters. The van der Waals surface area contributed by atoms with Crippen molar-refractivity contribution in [3.8, 4) is 11.3 Å². The van der Waals surface area contributed by atoms with Gasteiger partial charge in [0.15, 0.2) is 5.78 Å². The molecule has 8 heteroatoms. The Morgan fingerprint density at radius 3 is 2.52 bits per heavy atom. The molecule has 3 amide bonds. The topological polar surface area (TPSA) is 98.4 Å². The lowest BCUT2D eigenvalue weighted by atomic mass is 10.0. The molecule has 2 aliphatic rings. The molecule has 0 atom stereocenters. The van der Waals surface area contributed by atoms with Crippen LogP contribution < -0.4 is 5.32 Å². The zero-order valence-corrected chi connectivity index (χ0v) is 16.8. The van der Waals surface area contributed by atoms with Crippen LogP contribution in [-0.4, -0.2) is 50.6 Å². The molecule has 1 saturated heterocycles. The molecule has 4 heterocycles. The van der Waals surface area contributed by atoms with Gasteiger partial charge in [0, 0.05) is 42.3 Å². The first kappa shape index (κ1) is 19.0. The normalized spacial score (nSPS) is 15.9. The van der Waals surface area contributed by atoms with Crippen LogP contribution in [0.25, 0.3) is 11.3 Å². The molecule has 2 aliphatic heterocycles. The van der Waals surface area contributed by atoms with E-state index < -0.39 is 6.03 Å². The number of urea groups is 1. The maximum absolute atomic E-state index is 13.2. The van der Waals surface area contributed by atoms with E-state index in [2.05, 4.69) is 15.3 Å². The van der Waals surface area contributed by atoms with Gasteiger partial charge < -0.3 is 15.2 Å². The Balaban J connectivity index is 1.54. The van der Waals surface area contributed by atoms with Crippen molar-refractivity contribution in [2.24, 2.45) is 0 Å². The van der Waals surface area contributed by atoms with Gasteiger partial charge >= 0.3 is 6.03 Å². The summed E-state index contributed by atoms with van der Waals surface area (Å²) in [5.41, 5.74) is 4.38. The van der Waals surface area contributed by atoms with Crippen LogP contribution in [0.4, 0.5) is 16.2 Å². The van der Waals surface area contributed by atoms with Gasteiger partial charge in [-0.15, -0.1) is 0 Å². The monoisotopic (exact) mass is 415 g/mol. The standard InChI is InChI=1S/C23H21N5O3/c29-18-14-27(23(31)28-12-4-7-19(28)30)13-17-20(18)22(25-16-5-2-1-3-6-16)21(26-17)15-8-10-24-11-9-15/h1-3,5-6,8-11,25-26H,4,7,12-14H2. The second-order valence-electron chi connectivity index (χ2n) is 7.67. The van der Waals surface area contributed by atoms with E-state index in [1.807, 2.05) is 42.5 Å². The molecule has 31 heavy (non-hydrogen) atoms. The third-order valence-corrected chi connectivity index (χ3v) is 5.63. The molecule has 8 nitrogen and oxygen atoms in total. The van der Waals surface area contributed by atoms with Crippen LogP contribution in [0, 0.1) is 0 Å². The van der Waals surface area contributed by atoms with Gasteiger partial charge in [-0.25, -0.2) is 4.79 Å². The lowest BCUT2D eigenvalue weighted by molar-refractivity contribution is -0.125. The molecule has 0 radical (unpaired) electrons. The third-order valence-electron chi connectivity index (χ3n) is 5.63. The number of benzene rings is 1. The number of nitrogens with zero attached hydrogens (tertiary/aromatic N) is 3. The number of amides is 3. The summed E-state index contributed by atoms with van der Waals surface area (Å²) < 4.78 is 0. The molecule has 0 saturated carbocycles. The van der Waals surface area contributed by atoms with E-state index in [9.17, 15) is 14.4 Å². The van der Waals surface area contributed by atoms with E-state index >= 15 is 0 Å². The predicted octanol–water partition coefficient (Wildman–Crippen LogP) is 3.56. The minimum Gasteiger partial charge on any atom is -0.355 e. The molecule has 156 valence electrons. The highest BCUT2D eigenvalue weighted by atomic mass is 16.2. The van der Waals surface area contributed by atoms with Crippen molar-refractivity contribution in [1.29, 1.82) is 0 Å². The molecule has 1 fully saturated rings. The number of anilines is 2. The van der Waals surface area contributed by atoms with Crippen molar-refractivity contribution in [2.45, 2.75) is 19.4 Å². The summed E-state index contributed by atoms with van der Waals surface area (Å²) >= 11 is 0. The van der Waals surface area contributed by atoms with Crippen LogP contribution in [0.2, 0.25) is 0 Å². The molecule has 5 rings (SSSR count). The number of imide groups is 1. The fourth-order valence-electron chi connectivity index (χ4n) is 4.16. The number of Topliss-reactive ketones (excluding diaryl/α,β-unsaturated/α-hetero) is 1. The van der Waals surface area contributed by atoms with Gasteiger partial charge in [0.05, 0.1) is 30.0 Å². The number of rotatable bonds is 3. The number of nitrogens with one attached hydrogen (secondary N) is 2. The van der Waals surface area contributed by atoms with E-state index in [1.54, 1.807) is 12.4 Å². The van der Waals surface area contributed by atoms with Crippen LogP contribution in [0.5, 0.6) is 0 Å². The van der Waals surface area contributed by atoms with Crippen molar-refractivity contribution in [3.05, 3.63) is 66.1 Å². The Morgan fingerprint density at radius 1 is 1.03 bits per heavy atom. The van der Waals surface area contributed by atoms with E-state index in [-0.39, 0.29) is 24.8 Å². The summed E-state index contributed by atoms with van der Waals surface area (Å²) in [6.45, 7) is 0.577. The Morgan fingerprint density at radius 2 is 1.81 bits per heavy atom. The summed E-state index contributed by atoms with van der Waals surface area (Å²) in [6, 6.07) is 12.9. The van der Waals surface area contributed by atoms with Gasteiger partial charge in [0.2, 0.25) is 5.91 Å². The van der Waals surface area contributed by atoms with Crippen LogP contribution in [0.15, 0.2) is 54.9 Å². The predicted molar refractivity (Wildman–Crippen MR) is 115 cm³/mol. The van der Waals surface area contributed by atoms with Crippen LogP contribution >= 0.6 is 0 Å². The number of aromatic nitrogens is 2. The number of para-hydroxylation sites is 1. The number of aromatic amines is 1. The highest BCUT2D eigenvalue weighted by Gasteiger charge is 2.37. The van der Waals surface area contributed by atoms with Gasteiger partial charge in [0.25, 0.3) is 0 Å². The maximum Gasteiger partial charge on any atom is 0.327 e. The van der Waals surface area contributed by atoms with E-state index in [4.69, 9.17) is 0 Å². The number of ketones is 1. The maximum atomic E-state index is 13.2. The molecule has 1 aromatic carbocycles. The van der Waals surface area contributed by atoms with Crippen molar-refractivity contribution < 1.29 is 14.4 Å². The van der Waals surface area contributed by atoms with Gasteiger partial charge in [-0.3, -0.25) is 19.5 Å². The molecule has 0 aliphatic carbocycles. The van der Waals surface area contributed by atoms with Gasteiger partial charge in [-0.2, -0.15) is 0 Å². The first-order valence-corrected chi connectivity index (χ1v) is 10.2. The third kappa shape index (κ3) is 3.46. The number of fused-ring (bicyclic) bond motifs is 1. The molecule has 0 spiro atoms. The van der Waals surface area contributed by atoms with Crippen molar-refractivity contribution in [3.63, 3.8) is 0 Å². The van der Waals surface area contributed by atoms with E-state index in [0.717, 1.165) is 16.9 Å². The second kappa shape index (κ2) is 7.71. The fourth-order valence-corrected chi connectivity index (χ4v) is 4.16. The summed E-state index contributed by atoms with van der Waals surface area (Å²) in [7, 11) is 0. The van der Waals surface area contributed by atoms with Gasteiger partial charge in [-0.1, -0.05) is 18.2 Å². The zero-order chi connectivity index (χ0) is 21.4. The van der Waals surface area contributed by atoms with Crippen molar-refractivity contribution in [2.75, 3.05) is 18.4 Å². The number of likely N-dealkylation sites (tertiary alicyclic amines) is 1. The summed E-state index contributed by atoms with van der Waals surface area (Å²) in [6.07, 6.45) is 4.42. The zero-order valence-electron chi connectivity index (χ0n) is 16.8. The Kier molecular flexibility index (Phi) is 4.74. The smallest absolute Gasteiger partial charge is 0.327 e. The highest BCUT2D eigenvalue weighted by molar-refractivity contribution is 6.10. The minimum atomic E-state index is -0.404. The Labute approximate surface area is 178 Å². The number of carbonyl (C=O) groups excluding carboxylic acids is 3. The lowest BCUT2D eigenvalue weighted by Crippen LogP contribution is -2.47. The van der Waals surface area contributed by atoms with Crippen molar-refractivity contribution in [1.82, 2.24) is 19.8 Å². The Hall–Kier alpha value is -3.94. The first-order chi connectivity index (χ1) is 15.1. The number of carbonyl (C=O) groups is 3. The molecule has 2 aromatic heterocycles. The Bertz CT molecular complexity index is 1160. The number of pyridine rings is 1. The molecule has 0 bridgehead atoms. The molecule has 3 aromatic rings. The quantitative estimate of drug-likeness (QED) is 0.682.